The van der Waals surface area contributed by atoms with Gasteiger partial charge in [0, 0.05) is 38.6 Å². The van der Waals surface area contributed by atoms with Gasteiger partial charge >= 0.3 is 0 Å². The van der Waals surface area contributed by atoms with Crippen molar-refractivity contribution in [1.82, 2.24) is 15.5 Å². The molecule has 0 radical (unpaired) electrons. The molecule has 1 unspecified atom stereocenters. The Morgan fingerprint density at radius 2 is 2.08 bits per heavy atom. The van der Waals surface area contributed by atoms with Gasteiger partial charge in [-0.1, -0.05) is 26.0 Å². The standard InChI is InChI=1S/C19H30N4O2/c1-14(2)18(25)23-12-10-16(13-23)22-19(20-3)21-11-4-5-15-6-8-17(24)9-7-15/h6-9,14,16,24H,4-5,10-13H2,1-3H3,(H2,20,21,22). The van der Waals surface area contributed by atoms with E-state index in [1.54, 1.807) is 19.2 Å². The molecule has 0 spiro atoms. The number of amides is 1. The van der Waals surface area contributed by atoms with E-state index in [4.69, 9.17) is 0 Å². The number of hydrogen-bond acceptors (Lipinski definition) is 3. The van der Waals surface area contributed by atoms with Crippen molar-refractivity contribution in [2.45, 2.75) is 39.2 Å². The summed E-state index contributed by atoms with van der Waals surface area (Å²) in [7, 11) is 1.77. The number of guanidine groups is 1. The van der Waals surface area contributed by atoms with Gasteiger partial charge in [-0.2, -0.15) is 0 Å². The van der Waals surface area contributed by atoms with E-state index in [1.165, 1.54) is 5.56 Å². The molecule has 6 nitrogen and oxygen atoms in total. The summed E-state index contributed by atoms with van der Waals surface area (Å²) in [6.07, 6.45) is 2.88. The Morgan fingerprint density at radius 1 is 1.36 bits per heavy atom. The fourth-order valence-electron chi connectivity index (χ4n) is 2.99. The van der Waals surface area contributed by atoms with E-state index in [9.17, 15) is 9.90 Å². The lowest BCUT2D eigenvalue weighted by molar-refractivity contribution is -0.133. The average molecular weight is 346 g/mol. The van der Waals surface area contributed by atoms with Crippen molar-refractivity contribution in [2.75, 3.05) is 26.7 Å². The predicted octanol–water partition coefficient (Wildman–Crippen LogP) is 1.75. The molecule has 1 saturated heterocycles. The maximum absolute atomic E-state index is 12.0. The van der Waals surface area contributed by atoms with Crippen LogP contribution in [0.3, 0.4) is 0 Å². The summed E-state index contributed by atoms with van der Waals surface area (Å²) >= 11 is 0. The third-order valence-corrected chi connectivity index (χ3v) is 4.43. The second-order valence-electron chi connectivity index (χ2n) is 6.84. The van der Waals surface area contributed by atoms with Crippen LogP contribution in [-0.4, -0.2) is 54.6 Å². The molecule has 1 aliphatic rings. The monoisotopic (exact) mass is 346 g/mol. The molecule has 0 saturated carbocycles. The highest BCUT2D eigenvalue weighted by atomic mass is 16.3. The number of benzene rings is 1. The van der Waals surface area contributed by atoms with Crippen LogP contribution in [0.1, 0.15) is 32.3 Å². The Balaban J connectivity index is 1.69. The topological polar surface area (TPSA) is 77.0 Å². The molecule has 0 bridgehead atoms. The number of phenolic OH excluding ortho intramolecular Hbond substituents is 1. The Bertz CT molecular complexity index is 584. The lowest BCUT2D eigenvalue weighted by Gasteiger charge is -2.20. The first kappa shape index (κ1) is 19.1. The van der Waals surface area contributed by atoms with Crippen LogP contribution in [0.5, 0.6) is 5.75 Å². The molecule has 25 heavy (non-hydrogen) atoms. The van der Waals surface area contributed by atoms with E-state index < -0.39 is 0 Å². The third-order valence-electron chi connectivity index (χ3n) is 4.43. The van der Waals surface area contributed by atoms with Crippen LogP contribution in [0.15, 0.2) is 29.3 Å². The van der Waals surface area contributed by atoms with Crippen LogP contribution in [-0.2, 0) is 11.2 Å². The minimum Gasteiger partial charge on any atom is -0.508 e. The molecule has 1 fully saturated rings. The average Bonchev–Trinajstić information content (AvgIpc) is 3.06. The fraction of sp³-hybridized carbons (Fsp3) is 0.579. The maximum atomic E-state index is 12.0. The normalized spacial score (nSPS) is 17.8. The van der Waals surface area contributed by atoms with Crippen molar-refractivity contribution in [3.05, 3.63) is 29.8 Å². The van der Waals surface area contributed by atoms with E-state index >= 15 is 0 Å². The first-order chi connectivity index (χ1) is 12.0. The summed E-state index contributed by atoms with van der Waals surface area (Å²) in [5.74, 6) is 1.36. The van der Waals surface area contributed by atoms with Gasteiger partial charge in [0.15, 0.2) is 5.96 Å². The molecule has 0 aliphatic carbocycles. The number of aromatic hydroxyl groups is 1. The highest BCUT2D eigenvalue weighted by Gasteiger charge is 2.27. The molecular weight excluding hydrogens is 316 g/mol. The van der Waals surface area contributed by atoms with Gasteiger partial charge in [0.25, 0.3) is 0 Å². The maximum Gasteiger partial charge on any atom is 0.225 e. The predicted molar refractivity (Wildman–Crippen MR) is 101 cm³/mol. The molecule has 138 valence electrons. The first-order valence-electron chi connectivity index (χ1n) is 9.03. The molecular formula is C19H30N4O2. The Labute approximate surface area is 150 Å². The van der Waals surface area contributed by atoms with Crippen molar-refractivity contribution in [2.24, 2.45) is 10.9 Å². The van der Waals surface area contributed by atoms with Crippen LogP contribution in [0, 0.1) is 5.92 Å². The van der Waals surface area contributed by atoms with Gasteiger partial charge in [-0.15, -0.1) is 0 Å². The Morgan fingerprint density at radius 3 is 2.72 bits per heavy atom. The number of aliphatic imine (C=N–C) groups is 1. The molecule has 1 aromatic carbocycles. The van der Waals surface area contributed by atoms with Crippen molar-refractivity contribution in [3.63, 3.8) is 0 Å². The van der Waals surface area contributed by atoms with Crippen LogP contribution < -0.4 is 10.6 Å². The van der Waals surface area contributed by atoms with Gasteiger partial charge < -0.3 is 20.6 Å². The number of rotatable bonds is 6. The van der Waals surface area contributed by atoms with Gasteiger partial charge in [0.1, 0.15) is 5.75 Å². The van der Waals surface area contributed by atoms with Crippen LogP contribution in [0.2, 0.25) is 0 Å². The summed E-state index contributed by atoms with van der Waals surface area (Å²) < 4.78 is 0. The lowest BCUT2D eigenvalue weighted by atomic mass is 10.1. The summed E-state index contributed by atoms with van der Waals surface area (Å²) in [6, 6.07) is 7.58. The van der Waals surface area contributed by atoms with Crippen LogP contribution in [0.25, 0.3) is 0 Å². The highest BCUT2D eigenvalue weighted by molar-refractivity contribution is 5.81. The SMILES string of the molecule is CN=C(NCCCc1ccc(O)cc1)NC1CCN(C(=O)C(C)C)C1. The van der Waals surface area contributed by atoms with E-state index in [2.05, 4.69) is 15.6 Å². The van der Waals surface area contributed by atoms with Crippen LogP contribution >= 0.6 is 0 Å². The van der Waals surface area contributed by atoms with Crippen LogP contribution in [0.4, 0.5) is 0 Å². The van der Waals surface area contributed by atoms with Gasteiger partial charge in [0.05, 0.1) is 0 Å². The summed E-state index contributed by atoms with van der Waals surface area (Å²) in [5, 5.41) is 16.0. The number of carbonyl (C=O) groups excluding carboxylic acids is 1. The lowest BCUT2D eigenvalue weighted by Crippen LogP contribution is -2.45. The largest absolute Gasteiger partial charge is 0.508 e. The molecule has 6 heteroatoms. The molecule has 0 aromatic heterocycles. The van der Waals surface area contributed by atoms with Crippen molar-refractivity contribution < 1.29 is 9.90 Å². The number of nitrogens with zero attached hydrogens (tertiary/aromatic N) is 2. The zero-order valence-corrected chi connectivity index (χ0v) is 15.5. The third kappa shape index (κ3) is 5.96. The summed E-state index contributed by atoms with van der Waals surface area (Å²) in [5.41, 5.74) is 1.21. The molecule has 1 atom stereocenters. The fourth-order valence-corrected chi connectivity index (χ4v) is 2.99. The number of hydrogen-bond donors (Lipinski definition) is 3. The van der Waals surface area contributed by atoms with Crippen molar-refractivity contribution in [3.8, 4) is 5.75 Å². The molecule has 2 rings (SSSR count). The van der Waals surface area contributed by atoms with Gasteiger partial charge in [-0.25, -0.2) is 0 Å². The van der Waals surface area contributed by atoms with E-state index in [0.717, 1.165) is 44.9 Å². The quantitative estimate of drug-likeness (QED) is 0.417. The summed E-state index contributed by atoms with van der Waals surface area (Å²) in [4.78, 5) is 18.3. The molecule has 3 N–H and O–H groups in total. The van der Waals surface area contributed by atoms with Crippen molar-refractivity contribution in [1.29, 1.82) is 0 Å². The zero-order valence-electron chi connectivity index (χ0n) is 15.5. The Kier molecular flexibility index (Phi) is 7.10. The molecule has 1 aliphatic heterocycles. The number of carbonyl (C=O) groups is 1. The van der Waals surface area contributed by atoms with E-state index in [1.807, 2.05) is 30.9 Å². The molecule has 1 amide bonds. The minimum absolute atomic E-state index is 0.0519. The summed E-state index contributed by atoms with van der Waals surface area (Å²) in [6.45, 7) is 6.26. The van der Waals surface area contributed by atoms with E-state index in [-0.39, 0.29) is 17.9 Å². The zero-order chi connectivity index (χ0) is 18.2. The second-order valence-corrected chi connectivity index (χ2v) is 6.84. The van der Waals surface area contributed by atoms with Gasteiger partial charge in [0.2, 0.25) is 5.91 Å². The Hall–Kier alpha value is -2.24. The minimum atomic E-state index is 0.0519. The molecule has 1 aromatic rings. The number of phenols is 1. The van der Waals surface area contributed by atoms with Crippen molar-refractivity contribution >= 4 is 11.9 Å². The molecule has 1 heterocycles. The number of nitrogens with one attached hydrogen (secondary N) is 2. The number of likely N-dealkylation sites (tertiary alicyclic amines) is 1. The highest BCUT2D eigenvalue weighted by Crippen LogP contribution is 2.13. The smallest absolute Gasteiger partial charge is 0.225 e. The number of aryl methyl sites for hydroxylation is 1. The first-order valence-corrected chi connectivity index (χ1v) is 9.03. The van der Waals surface area contributed by atoms with E-state index in [0.29, 0.717) is 5.75 Å². The van der Waals surface area contributed by atoms with Gasteiger partial charge in [-0.3, -0.25) is 9.79 Å². The second kappa shape index (κ2) is 9.30. The van der Waals surface area contributed by atoms with Gasteiger partial charge in [-0.05, 0) is 37.0 Å².